The van der Waals surface area contributed by atoms with Crippen molar-refractivity contribution in [2.24, 2.45) is 0 Å². The predicted octanol–water partition coefficient (Wildman–Crippen LogP) is 5.41. The van der Waals surface area contributed by atoms with Crippen molar-refractivity contribution in [3.05, 3.63) is 82.0 Å². The van der Waals surface area contributed by atoms with E-state index >= 15 is 0 Å². The van der Waals surface area contributed by atoms with Crippen molar-refractivity contribution in [3.63, 3.8) is 0 Å². The smallest absolute Gasteiger partial charge is 0.317 e. The molecule has 0 bridgehead atoms. The van der Waals surface area contributed by atoms with Gasteiger partial charge in [-0.15, -0.1) is 0 Å². The normalized spacial score (nSPS) is 15.9. The van der Waals surface area contributed by atoms with Gasteiger partial charge in [-0.2, -0.15) is 10.5 Å². The molecule has 0 saturated heterocycles. The summed E-state index contributed by atoms with van der Waals surface area (Å²) in [6.45, 7) is 7.41. The lowest BCUT2D eigenvalue weighted by atomic mass is 9.63. The van der Waals surface area contributed by atoms with Crippen LogP contribution < -0.4 is 5.73 Å². The van der Waals surface area contributed by atoms with Crippen LogP contribution in [-0.2, 0) is 24.5 Å². The van der Waals surface area contributed by atoms with E-state index < -0.39 is 17.4 Å². The summed E-state index contributed by atoms with van der Waals surface area (Å²) in [6.07, 6.45) is -0.422. The van der Waals surface area contributed by atoms with Crippen LogP contribution in [0.3, 0.4) is 0 Å². The number of esters is 2. The number of benzene rings is 2. The Morgan fingerprint density at radius 3 is 2.02 bits per heavy atom. The zero-order valence-corrected chi connectivity index (χ0v) is 23.0. The average molecular weight is 535 g/mol. The molecule has 8 heteroatoms. The van der Waals surface area contributed by atoms with Crippen molar-refractivity contribution in [1.29, 1.82) is 10.5 Å². The molecule has 3 aromatic rings. The number of aromatic nitrogens is 1. The van der Waals surface area contributed by atoms with E-state index in [0.29, 0.717) is 22.3 Å². The van der Waals surface area contributed by atoms with Crippen molar-refractivity contribution in [1.82, 2.24) is 4.98 Å². The number of rotatable bonds is 7. The number of hydrogen-bond acceptors (Lipinski definition) is 8. The molecule has 2 N–H and O–H groups in total. The molecule has 0 saturated carbocycles. The average Bonchev–Trinajstić information content (AvgIpc) is 2.93. The molecule has 0 fully saturated rings. The van der Waals surface area contributed by atoms with Gasteiger partial charge < -0.3 is 15.2 Å². The molecule has 2 aromatic carbocycles. The monoisotopic (exact) mass is 534 g/mol. The maximum absolute atomic E-state index is 14.1. The highest BCUT2D eigenvalue weighted by Gasteiger charge is 2.52. The summed E-state index contributed by atoms with van der Waals surface area (Å²) in [7, 11) is 0. The third kappa shape index (κ3) is 4.92. The summed E-state index contributed by atoms with van der Waals surface area (Å²) in [5, 5.41) is 20.7. The number of aryl methyl sites for hydroxylation is 2. The SMILES string of the molecule is CCOC(=O)CC1(C(=O)OCC)CC(c2ccc(C)cc2)=C(C#N)c2nc(N)c(C#N)c(-c3ccc(C)cc3)c21. The number of carbonyl (C=O) groups is 2. The molecule has 8 nitrogen and oxygen atoms in total. The van der Waals surface area contributed by atoms with Gasteiger partial charge in [-0.25, -0.2) is 4.98 Å². The van der Waals surface area contributed by atoms with Gasteiger partial charge in [0.15, 0.2) is 0 Å². The number of fused-ring (bicyclic) bond motifs is 1. The maximum Gasteiger partial charge on any atom is 0.317 e. The van der Waals surface area contributed by atoms with Crippen molar-refractivity contribution in [2.45, 2.75) is 46.0 Å². The molecular formula is C32H30N4O4. The molecule has 1 aromatic heterocycles. The van der Waals surface area contributed by atoms with Gasteiger partial charge in [-0.05, 0) is 50.8 Å². The van der Waals surface area contributed by atoms with E-state index in [9.17, 15) is 20.1 Å². The summed E-state index contributed by atoms with van der Waals surface area (Å²) < 4.78 is 10.9. The van der Waals surface area contributed by atoms with Crippen LogP contribution in [-0.4, -0.2) is 30.1 Å². The van der Waals surface area contributed by atoms with Crippen LogP contribution in [0.25, 0.3) is 22.3 Å². The van der Waals surface area contributed by atoms with E-state index in [1.807, 2.05) is 62.4 Å². The lowest BCUT2D eigenvalue weighted by Crippen LogP contribution is -2.44. The van der Waals surface area contributed by atoms with Crippen LogP contribution in [0.2, 0.25) is 0 Å². The second-order valence-corrected chi connectivity index (χ2v) is 9.74. The number of nitrogens with zero attached hydrogens (tertiary/aromatic N) is 3. The highest BCUT2D eigenvalue weighted by molar-refractivity contribution is 6.07. The number of ether oxygens (including phenoxy) is 2. The van der Waals surface area contributed by atoms with Crippen molar-refractivity contribution in [2.75, 3.05) is 18.9 Å². The fraction of sp³-hybridized carbons (Fsp3) is 0.281. The fourth-order valence-electron chi connectivity index (χ4n) is 5.24. The molecule has 1 heterocycles. The van der Waals surface area contributed by atoms with Gasteiger partial charge in [0.1, 0.15) is 28.9 Å². The first kappa shape index (κ1) is 28.1. The van der Waals surface area contributed by atoms with E-state index in [1.54, 1.807) is 13.8 Å². The van der Waals surface area contributed by atoms with Crippen LogP contribution >= 0.6 is 0 Å². The Balaban J connectivity index is 2.22. The highest BCUT2D eigenvalue weighted by atomic mass is 16.5. The second-order valence-electron chi connectivity index (χ2n) is 9.74. The third-order valence-electron chi connectivity index (χ3n) is 7.10. The zero-order chi connectivity index (χ0) is 29.0. The number of carbonyl (C=O) groups excluding carboxylic acids is 2. The Hall–Kier alpha value is -4.95. The maximum atomic E-state index is 14.1. The number of nitrogens with two attached hydrogens (primary N) is 1. The quantitative estimate of drug-likeness (QED) is 0.397. The van der Waals surface area contributed by atoms with Crippen molar-refractivity contribution in [3.8, 4) is 23.3 Å². The van der Waals surface area contributed by atoms with Crippen molar-refractivity contribution >= 4 is 28.9 Å². The third-order valence-corrected chi connectivity index (χ3v) is 7.10. The Morgan fingerprint density at radius 2 is 1.50 bits per heavy atom. The number of nitriles is 2. The minimum absolute atomic E-state index is 0.0427. The molecule has 0 amide bonds. The number of anilines is 1. The van der Waals surface area contributed by atoms with Gasteiger partial charge in [0.2, 0.25) is 0 Å². The fourth-order valence-corrected chi connectivity index (χ4v) is 5.24. The topological polar surface area (TPSA) is 139 Å². The number of hydrogen-bond donors (Lipinski definition) is 1. The Bertz CT molecular complexity index is 1590. The van der Waals surface area contributed by atoms with Crippen LogP contribution in [0.15, 0.2) is 48.5 Å². The Labute approximate surface area is 233 Å². The first-order valence-electron chi connectivity index (χ1n) is 13.0. The molecule has 202 valence electrons. The summed E-state index contributed by atoms with van der Waals surface area (Å²) in [4.78, 5) is 31.8. The van der Waals surface area contributed by atoms with E-state index in [1.165, 1.54) is 0 Å². The standard InChI is InChI=1S/C32H30N4O4/c1-5-39-26(37)16-32(31(38)40-6-2)15-23(21-11-7-19(3)8-12-21)24(17-33)29-28(32)27(25(18-34)30(35)36-29)22-13-9-20(4)10-14-22/h7-14H,5-6,15-16H2,1-4H3,(H2,35,36). The highest BCUT2D eigenvalue weighted by Crippen LogP contribution is 2.53. The molecule has 0 aliphatic heterocycles. The van der Waals surface area contributed by atoms with Gasteiger partial charge in [0, 0.05) is 11.1 Å². The molecule has 0 spiro atoms. The summed E-state index contributed by atoms with van der Waals surface area (Å²) in [5.74, 6) is -1.37. The summed E-state index contributed by atoms with van der Waals surface area (Å²) >= 11 is 0. The summed E-state index contributed by atoms with van der Waals surface area (Å²) in [5.41, 5.74) is 9.55. The number of nitrogen functional groups attached to an aromatic ring is 1. The Morgan fingerprint density at radius 1 is 0.925 bits per heavy atom. The molecular weight excluding hydrogens is 504 g/mol. The van der Waals surface area contributed by atoms with Gasteiger partial charge in [0.25, 0.3) is 0 Å². The Kier molecular flexibility index (Phi) is 8.02. The largest absolute Gasteiger partial charge is 0.466 e. The van der Waals surface area contributed by atoms with Gasteiger partial charge in [-0.1, -0.05) is 59.7 Å². The molecule has 1 aliphatic rings. The van der Waals surface area contributed by atoms with E-state index in [-0.39, 0.29) is 54.3 Å². The number of pyridine rings is 1. The van der Waals surface area contributed by atoms with Crippen LogP contribution in [0, 0.1) is 36.5 Å². The zero-order valence-electron chi connectivity index (χ0n) is 23.0. The van der Waals surface area contributed by atoms with E-state index in [2.05, 4.69) is 17.1 Å². The van der Waals surface area contributed by atoms with Crippen molar-refractivity contribution < 1.29 is 19.1 Å². The number of allylic oxidation sites excluding steroid dienone is 2. The van der Waals surface area contributed by atoms with E-state index in [4.69, 9.17) is 15.2 Å². The molecule has 0 radical (unpaired) electrons. The first-order valence-corrected chi connectivity index (χ1v) is 13.0. The predicted molar refractivity (Wildman–Crippen MR) is 151 cm³/mol. The van der Waals surface area contributed by atoms with Crippen LogP contribution in [0.4, 0.5) is 5.82 Å². The van der Waals surface area contributed by atoms with Crippen LogP contribution in [0.1, 0.15) is 60.2 Å². The molecule has 1 unspecified atom stereocenters. The van der Waals surface area contributed by atoms with Gasteiger partial charge >= 0.3 is 11.9 Å². The molecule has 40 heavy (non-hydrogen) atoms. The second kappa shape index (κ2) is 11.4. The molecule has 1 atom stereocenters. The molecule has 1 aliphatic carbocycles. The first-order chi connectivity index (χ1) is 19.2. The minimum Gasteiger partial charge on any atom is -0.466 e. The van der Waals surface area contributed by atoms with E-state index in [0.717, 1.165) is 11.1 Å². The lowest BCUT2D eigenvalue weighted by molar-refractivity contribution is -0.156. The van der Waals surface area contributed by atoms with Crippen LogP contribution in [0.5, 0.6) is 0 Å². The molecule has 4 rings (SSSR count). The lowest BCUT2D eigenvalue weighted by Gasteiger charge is -2.39. The van der Waals surface area contributed by atoms with Gasteiger partial charge in [-0.3, -0.25) is 9.59 Å². The minimum atomic E-state index is -1.65. The summed E-state index contributed by atoms with van der Waals surface area (Å²) in [6, 6.07) is 19.3. The van der Waals surface area contributed by atoms with Gasteiger partial charge in [0.05, 0.1) is 30.9 Å².